The molecule has 0 spiro atoms. The van der Waals surface area contributed by atoms with Crippen LogP contribution in [-0.2, 0) is 6.54 Å². The van der Waals surface area contributed by atoms with Gasteiger partial charge in [0, 0.05) is 7.97 Å². The van der Waals surface area contributed by atoms with Crippen molar-refractivity contribution in [3.63, 3.8) is 0 Å². The van der Waals surface area contributed by atoms with Gasteiger partial charge in [0.05, 0.1) is 5.69 Å². The van der Waals surface area contributed by atoms with Crippen LogP contribution >= 0.6 is 0 Å². The Balaban J connectivity index is 0.00000155. The van der Waals surface area contributed by atoms with E-state index in [0.717, 1.165) is 28.2 Å². The molecule has 2 rings (SSSR count). The zero-order valence-corrected chi connectivity index (χ0v) is 14.4. The smallest absolute Gasteiger partial charge is 0.151 e. The largest absolute Gasteiger partial charge is 0.364 e. The summed E-state index contributed by atoms with van der Waals surface area (Å²) in [5, 5.41) is 11.7. The number of halogens is 1. The Hall–Kier alpha value is -1.97. The second-order valence-electron chi connectivity index (χ2n) is 5.38. The van der Waals surface area contributed by atoms with Crippen LogP contribution in [-0.4, -0.2) is 10.2 Å². The topological polar surface area (TPSA) is 37.8 Å². The minimum absolute atomic E-state index is 0. The summed E-state index contributed by atoms with van der Waals surface area (Å²) >= 11 is 0. The van der Waals surface area contributed by atoms with E-state index in [1.54, 1.807) is 6.07 Å². The van der Waals surface area contributed by atoms with Crippen LogP contribution in [0.1, 0.15) is 57.4 Å². The predicted octanol–water partition coefficient (Wildman–Crippen LogP) is 5.24. The quantitative estimate of drug-likeness (QED) is 0.839. The van der Waals surface area contributed by atoms with Crippen LogP contribution in [0.2, 0.25) is 0 Å². The zero-order chi connectivity index (χ0) is 16.7. The SMILES string of the molecule is CC.Cc1cc(F)ccc1CNc1nnc(C(C)C)cc1C.[HH]. The molecule has 1 N–H and O–H groups in total. The molecule has 0 aliphatic carbocycles. The number of benzene rings is 1. The monoisotopic (exact) mass is 305 g/mol. The minimum Gasteiger partial charge on any atom is -0.364 e. The van der Waals surface area contributed by atoms with Crippen molar-refractivity contribution >= 4 is 5.82 Å². The van der Waals surface area contributed by atoms with Crippen molar-refractivity contribution in [2.24, 2.45) is 0 Å². The summed E-state index contributed by atoms with van der Waals surface area (Å²) < 4.78 is 13.1. The number of rotatable bonds is 4. The molecule has 0 radical (unpaired) electrons. The number of anilines is 1. The number of nitrogens with one attached hydrogen (secondary N) is 1. The zero-order valence-electron chi connectivity index (χ0n) is 14.4. The molecular formula is C18H28FN3. The molecule has 3 nitrogen and oxygen atoms in total. The molecule has 0 bridgehead atoms. The molecule has 1 aromatic carbocycles. The Morgan fingerprint density at radius 1 is 1.09 bits per heavy atom. The van der Waals surface area contributed by atoms with Crippen molar-refractivity contribution in [1.29, 1.82) is 0 Å². The summed E-state index contributed by atoms with van der Waals surface area (Å²) in [6.07, 6.45) is 0. The minimum atomic E-state index is -0.205. The highest BCUT2D eigenvalue weighted by molar-refractivity contribution is 5.44. The van der Waals surface area contributed by atoms with Crippen LogP contribution in [0.5, 0.6) is 0 Å². The van der Waals surface area contributed by atoms with Gasteiger partial charge < -0.3 is 5.32 Å². The Morgan fingerprint density at radius 2 is 1.77 bits per heavy atom. The molecule has 0 saturated carbocycles. The summed E-state index contributed by atoms with van der Waals surface area (Å²) in [5.74, 6) is 0.941. The fourth-order valence-corrected chi connectivity index (χ4v) is 2.00. The highest BCUT2D eigenvalue weighted by atomic mass is 19.1. The van der Waals surface area contributed by atoms with Gasteiger partial charge in [0.25, 0.3) is 0 Å². The first kappa shape index (κ1) is 18.1. The number of nitrogens with zero attached hydrogens (tertiary/aromatic N) is 2. The van der Waals surface area contributed by atoms with Gasteiger partial charge in [-0.1, -0.05) is 33.8 Å². The van der Waals surface area contributed by atoms with Gasteiger partial charge >= 0.3 is 0 Å². The van der Waals surface area contributed by atoms with E-state index in [-0.39, 0.29) is 7.24 Å². The highest BCUT2D eigenvalue weighted by Gasteiger charge is 2.07. The molecule has 0 aliphatic rings. The van der Waals surface area contributed by atoms with Gasteiger partial charge in [0.15, 0.2) is 5.82 Å². The molecule has 0 saturated heterocycles. The fraction of sp³-hybridized carbons (Fsp3) is 0.444. The highest BCUT2D eigenvalue weighted by Crippen LogP contribution is 2.18. The molecule has 0 amide bonds. The molecule has 0 unspecified atom stereocenters. The van der Waals surface area contributed by atoms with Crippen molar-refractivity contribution in [2.75, 3.05) is 5.32 Å². The molecule has 1 aromatic heterocycles. The lowest BCUT2D eigenvalue weighted by Gasteiger charge is -2.12. The lowest BCUT2D eigenvalue weighted by Crippen LogP contribution is -2.07. The van der Waals surface area contributed by atoms with E-state index < -0.39 is 0 Å². The molecular weight excluding hydrogens is 277 g/mol. The number of aryl methyl sites for hydroxylation is 2. The molecule has 0 fully saturated rings. The van der Waals surface area contributed by atoms with E-state index in [9.17, 15) is 4.39 Å². The Kier molecular flexibility index (Phi) is 6.96. The van der Waals surface area contributed by atoms with Crippen LogP contribution in [0.15, 0.2) is 24.3 Å². The van der Waals surface area contributed by atoms with E-state index in [4.69, 9.17) is 0 Å². The van der Waals surface area contributed by atoms with Crippen molar-refractivity contribution in [1.82, 2.24) is 10.2 Å². The van der Waals surface area contributed by atoms with Crippen LogP contribution in [0.3, 0.4) is 0 Å². The van der Waals surface area contributed by atoms with Gasteiger partial charge in [0.1, 0.15) is 5.82 Å². The van der Waals surface area contributed by atoms with Gasteiger partial charge in [-0.15, -0.1) is 5.10 Å². The predicted molar refractivity (Wildman–Crippen MR) is 92.8 cm³/mol. The average Bonchev–Trinajstić information content (AvgIpc) is 2.49. The number of aromatic nitrogens is 2. The van der Waals surface area contributed by atoms with E-state index in [1.165, 1.54) is 12.1 Å². The molecule has 2 aromatic rings. The fourth-order valence-electron chi connectivity index (χ4n) is 2.00. The third-order valence-corrected chi connectivity index (χ3v) is 3.35. The van der Waals surface area contributed by atoms with Gasteiger partial charge in [-0.2, -0.15) is 5.10 Å². The maximum atomic E-state index is 13.1. The first-order valence-corrected chi connectivity index (χ1v) is 7.80. The molecule has 22 heavy (non-hydrogen) atoms. The van der Waals surface area contributed by atoms with Gasteiger partial charge in [-0.3, -0.25) is 0 Å². The summed E-state index contributed by atoms with van der Waals surface area (Å²) in [4.78, 5) is 0. The van der Waals surface area contributed by atoms with Gasteiger partial charge in [0.2, 0.25) is 0 Å². The van der Waals surface area contributed by atoms with Crippen molar-refractivity contribution < 1.29 is 5.82 Å². The van der Waals surface area contributed by atoms with E-state index in [2.05, 4.69) is 35.4 Å². The summed E-state index contributed by atoms with van der Waals surface area (Å²) in [6, 6.07) is 6.86. The van der Waals surface area contributed by atoms with Crippen LogP contribution in [0.25, 0.3) is 0 Å². The molecule has 0 atom stereocenters. The summed E-state index contributed by atoms with van der Waals surface area (Å²) in [6.45, 7) is 12.7. The van der Waals surface area contributed by atoms with Crippen molar-refractivity contribution in [3.05, 3.63) is 52.5 Å². The lowest BCUT2D eigenvalue weighted by molar-refractivity contribution is 0.625. The first-order valence-electron chi connectivity index (χ1n) is 7.80. The van der Waals surface area contributed by atoms with Gasteiger partial charge in [-0.25, -0.2) is 4.39 Å². The Bertz CT molecular complexity index is 615. The van der Waals surface area contributed by atoms with Crippen molar-refractivity contribution in [2.45, 2.75) is 54.0 Å². The normalized spacial score (nSPS) is 10.2. The lowest BCUT2D eigenvalue weighted by atomic mass is 10.1. The second-order valence-corrected chi connectivity index (χ2v) is 5.38. The molecule has 0 aliphatic heterocycles. The Morgan fingerprint density at radius 3 is 2.32 bits per heavy atom. The molecule has 4 heteroatoms. The molecule has 1 heterocycles. The summed E-state index contributed by atoms with van der Waals surface area (Å²) in [7, 11) is 0. The average molecular weight is 305 g/mol. The first-order chi connectivity index (χ1) is 10.5. The van der Waals surface area contributed by atoms with Crippen LogP contribution < -0.4 is 5.32 Å². The van der Waals surface area contributed by atoms with E-state index in [1.807, 2.05) is 27.7 Å². The third kappa shape index (κ3) is 4.79. The maximum Gasteiger partial charge on any atom is 0.151 e. The summed E-state index contributed by atoms with van der Waals surface area (Å²) in [5.41, 5.74) is 4.05. The van der Waals surface area contributed by atoms with Crippen LogP contribution in [0, 0.1) is 19.7 Å². The standard InChI is InChI=1S/C16H20FN3.C2H6.H2/c1-10(2)15-8-12(4)16(20-19-15)18-9-13-5-6-14(17)7-11(13)3;1-2;/h5-8,10H,9H2,1-4H3,(H,18,20);1-2H3;1H. The van der Waals surface area contributed by atoms with Gasteiger partial charge in [-0.05, 0) is 54.7 Å². The van der Waals surface area contributed by atoms with Crippen molar-refractivity contribution in [3.8, 4) is 0 Å². The molecule has 122 valence electrons. The maximum absolute atomic E-state index is 13.1. The van der Waals surface area contributed by atoms with E-state index in [0.29, 0.717) is 12.5 Å². The number of hydrogen-bond donors (Lipinski definition) is 1. The van der Waals surface area contributed by atoms with Crippen LogP contribution in [0.4, 0.5) is 10.2 Å². The second kappa shape index (κ2) is 8.47. The Labute approximate surface area is 134 Å². The third-order valence-electron chi connectivity index (χ3n) is 3.35. The number of hydrogen-bond acceptors (Lipinski definition) is 3. The van der Waals surface area contributed by atoms with E-state index >= 15 is 0 Å².